The number of imide groups is 1. The number of benzene rings is 3. The Morgan fingerprint density at radius 2 is 1.45 bits per heavy atom. The van der Waals surface area contributed by atoms with E-state index in [-0.39, 0.29) is 25.3 Å². The number of rotatable bonds is 3. The first-order valence-electron chi connectivity index (χ1n) is 12.4. The summed E-state index contributed by atoms with van der Waals surface area (Å²) >= 11 is 0. The Labute approximate surface area is 216 Å². The van der Waals surface area contributed by atoms with Gasteiger partial charge in [-0.25, -0.2) is 4.90 Å². The Bertz CT molecular complexity index is 1600. The predicted molar refractivity (Wildman–Crippen MR) is 133 cm³/mol. The highest BCUT2D eigenvalue weighted by Crippen LogP contribution is 2.54. The van der Waals surface area contributed by atoms with Crippen molar-refractivity contribution in [3.05, 3.63) is 83.6 Å². The summed E-state index contributed by atoms with van der Waals surface area (Å²) in [5.41, 5.74) is 2.68. The zero-order valence-electron chi connectivity index (χ0n) is 19.9. The third kappa shape index (κ3) is 2.78. The number of ether oxygens (including phenoxy) is 4. The normalized spacial score (nSPS) is 25.5. The molecule has 5 aliphatic heterocycles. The molecule has 9 heteroatoms. The maximum atomic E-state index is 14.1. The van der Waals surface area contributed by atoms with Crippen molar-refractivity contribution >= 4 is 29.4 Å². The molecule has 5 heterocycles. The minimum Gasteiger partial charge on any atom is -0.454 e. The third-order valence-electron chi connectivity index (χ3n) is 8.00. The maximum absolute atomic E-state index is 14.1. The largest absolute Gasteiger partial charge is 0.454 e. The second kappa shape index (κ2) is 7.61. The van der Waals surface area contributed by atoms with Gasteiger partial charge in [-0.1, -0.05) is 24.3 Å². The van der Waals surface area contributed by atoms with Crippen molar-refractivity contribution < 1.29 is 33.3 Å². The monoisotopic (exact) mass is 508 g/mol. The minimum atomic E-state index is -0.870. The van der Waals surface area contributed by atoms with Crippen LogP contribution in [-0.2, 0) is 9.59 Å². The molecular formula is C29H20N2O7. The molecule has 0 bridgehead atoms. The molecule has 3 aromatic rings. The lowest BCUT2D eigenvalue weighted by atomic mass is 9.83. The molecule has 0 aliphatic carbocycles. The summed E-state index contributed by atoms with van der Waals surface area (Å²) in [6.45, 7) is 0.171. The number of carbonyl (C=O) groups is 3. The summed E-state index contributed by atoms with van der Waals surface area (Å²) < 4.78 is 21.8. The second-order valence-electron chi connectivity index (χ2n) is 9.81. The van der Waals surface area contributed by atoms with Crippen LogP contribution in [0.15, 0.2) is 66.9 Å². The van der Waals surface area contributed by atoms with E-state index in [0.717, 1.165) is 11.1 Å². The van der Waals surface area contributed by atoms with E-state index in [2.05, 4.69) is 0 Å². The summed E-state index contributed by atoms with van der Waals surface area (Å²) in [6, 6.07) is 16.5. The van der Waals surface area contributed by atoms with Crippen molar-refractivity contribution in [3.8, 4) is 23.0 Å². The van der Waals surface area contributed by atoms with Crippen molar-refractivity contribution in [2.45, 2.75) is 12.1 Å². The van der Waals surface area contributed by atoms with E-state index in [1.807, 2.05) is 41.4 Å². The number of fused-ring (bicyclic) bond motifs is 7. The number of carbonyl (C=O) groups excluding carboxylic acids is 3. The molecule has 2 saturated heterocycles. The van der Waals surface area contributed by atoms with Crippen LogP contribution in [0.1, 0.15) is 27.5 Å². The van der Waals surface area contributed by atoms with E-state index < -0.39 is 29.8 Å². The minimum absolute atomic E-state index is 0.0815. The Balaban J connectivity index is 1.25. The van der Waals surface area contributed by atoms with E-state index in [4.69, 9.17) is 18.9 Å². The van der Waals surface area contributed by atoms with E-state index in [1.54, 1.807) is 36.4 Å². The topological polar surface area (TPSA) is 94.6 Å². The van der Waals surface area contributed by atoms with Crippen LogP contribution < -0.4 is 23.8 Å². The molecule has 5 aliphatic rings. The number of Topliss-reactive ketones (excluding diaryl/α,β-unsaturated/α-hetero) is 1. The molecule has 0 radical (unpaired) electrons. The Morgan fingerprint density at radius 3 is 2.26 bits per heavy atom. The van der Waals surface area contributed by atoms with Gasteiger partial charge in [0.15, 0.2) is 28.8 Å². The van der Waals surface area contributed by atoms with Gasteiger partial charge >= 0.3 is 0 Å². The zero-order valence-corrected chi connectivity index (χ0v) is 19.9. The highest BCUT2D eigenvalue weighted by Gasteiger charge is 2.64. The van der Waals surface area contributed by atoms with Crippen LogP contribution in [0, 0.1) is 11.8 Å². The van der Waals surface area contributed by atoms with Gasteiger partial charge in [0, 0.05) is 17.8 Å². The second-order valence-corrected chi connectivity index (χ2v) is 9.81. The van der Waals surface area contributed by atoms with Crippen molar-refractivity contribution in [2.75, 3.05) is 18.5 Å². The molecule has 9 nitrogen and oxygen atoms in total. The van der Waals surface area contributed by atoms with E-state index in [9.17, 15) is 14.4 Å². The molecule has 2 fully saturated rings. The number of nitrogens with zero attached hydrogens (tertiary/aromatic N) is 2. The van der Waals surface area contributed by atoms with Gasteiger partial charge in [0.2, 0.25) is 25.4 Å². The zero-order chi connectivity index (χ0) is 25.5. The van der Waals surface area contributed by atoms with Crippen LogP contribution in [0.5, 0.6) is 23.0 Å². The summed E-state index contributed by atoms with van der Waals surface area (Å²) in [5.74, 6) is -0.513. The average Bonchev–Trinajstić information content (AvgIpc) is 3.71. The first-order chi connectivity index (χ1) is 18.6. The first kappa shape index (κ1) is 21.3. The fraction of sp³-hybridized carbons (Fsp3) is 0.207. The molecule has 2 amide bonds. The smallest absolute Gasteiger partial charge is 0.240 e. The van der Waals surface area contributed by atoms with Crippen LogP contribution in [-0.4, -0.2) is 42.1 Å². The molecular weight excluding hydrogens is 488 g/mol. The number of hydrogen-bond acceptors (Lipinski definition) is 8. The fourth-order valence-electron chi connectivity index (χ4n) is 6.36. The molecule has 0 saturated carbocycles. The van der Waals surface area contributed by atoms with Crippen molar-refractivity contribution in [1.82, 2.24) is 4.90 Å². The van der Waals surface area contributed by atoms with Crippen LogP contribution in [0.4, 0.5) is 5.69 Å². The number of hydrogen-bond donors (Lipinski definition) is 0. The Hall–Kier alpha value is -4.79. The molecule has 188 valence electrons. The van der Waals surface area contributed by atoms with Gasteiger partial charge in [-0.15, -0.1) is 0 Å². The highest BCUT2D eigenvalue weighted by molar-refractivity contribution is 6.24. The molecule has 4 atom stereocenters. The number of anilines is 1. The van der Waals surface area contributed by atoms with Crippen LogP contribution >= 0.6 is 0 Å². The van der Waals surface area contributed by atoms with Gasteiger partial charge in [-0.05, 0) is 47.5 Å². The molecule has 0 N–H and O–H groups in total. The molecule has 0 spiro atoms. The molecule has 8 rings (SSSR count). The average molecular weight is 508 g/mol. The van der Waals surface area contributed by atoms with E-state index in [1.165, 1.54) is 4.90 Å². The number of amides is 2. The Morgan fingerprint density at radius 1 is 0.763 bits per heavy atom. The maximum Gasteiger partial charge on any atom is 0.240 e. The van der Waals surface area contributed by atoms with Gasteiger partial charge in [-0.2, -0.15) is 0 Å². The lowest BCUT2D eigenvalue weighted by molar-refractivity contribution is -0.123. The first-order valence-corrected chi connectivity index (χ1v) is 12.4. The summed E-state index contributed by atoms with van der Waals surface area (Å²) in [4.78, 5) is 45.3. The van der Waals surface area contributed by atoms with Gasteiger partial charge in [0.1, 0.15) is 6.04 Å². The Kier molecular flexibility index (Phi) is 4.27. The van der Waals surface area contributed by atoms with Crippen LogP contribution in [0.3, 0.4) is 0 Å². The SMILES string of the molecule is O=C(c1ccc2c(c1)OCO2)[C@@H]1[C@@H]2C(=O)N(c3ccc4c(c3)OCO4)C(=O)[C@@H]2C2c3ccccc3C=CN21. The van der Waals surface area contributed by atoms with Crippen LogP contribution in [0.2, 0.25) is 0 Å². The van der Waals surface area contributed by atoms with Crippen LogP contribution in [0.25, 0.3) is 6.08 Å². The van der Waals surface area contributed by atoms with Crippen molar-refractivity contribution in [2.24, 2.45) is 11.8 Å². The standard InChI is InChI=1S/C29H20N2O7/c32-27(16-5-7-19-21(11-16)37-13-35-19)26-24-23(25-18-4-2-1-3-15(18)9-10-30(25)26)28(33)31(29(24)34)17-6-8-20-22(12-17)38-14-36-20/h1-12,23-26H,13-14H2/t23-,24+,25?,26-/m0/s1. The summed E-state index contributed by atoms with van der Waals surface area (Å²) in [6.07, 6.45) is 3.77. The van der Waals surface area contributed by atoms with Gasteiger partial charge in [-0.3, -0.25) is 14.4 Å². The lowest BCUT2D eigenvalue weighted by Gasteiger charge is -2.35. The van der Waals surface area contributed by atoms with E-state index in [0.29, 0.717) is 34.2 Å². The van der Waals surface area contributed by atoms with E-state index >= 15 is 0 Å². The summed E-state index contributed by atoms with van der Waals surface area (Å²) in [7, 11) is 0. The van der Waals surface area contributed by atoms with Gasteiger partial charge in [0.25, 0.3) is 0 Å². The van der Waals surface area contributed by atoms with Crippen molar-refractivity contribution in [3.63, 3.8) is 0 Å². The lowest BCUT2D eigenvalue weighted by Crippen LogP contribution is -2.44. The summed E-state index contributed by atoms with van der Waals surface area (Å²) in [5, 5.41) is 0. The fourth-order valence-corrected chi connectivity index (χ4v) is 6.36. The molecule has 38 heavy (non-hydrogen) atoms. The molecule has 0 aromatic heterocycles. The number of ketones is 1. The highest BCUT2D eigenvalue weighted by atomic mass is 16.7. The third-order valence-corrected chi connectivity index (χ3v) is 8.00. The van der Waals surface area contributed by atoms with Gasteiger partial charge in [0.05, 0.1) is 23.6 Å². The molecule has 1 unspecified atom stereocenters. The predicted octanol–water partition coefficient (Wildman–Crippen LogP) is 3.54. The quantitative estimate of drug-likeness (QED) is 0.392. The van der Waals surface area contributed by atoms with Gasteiger partial charge < -0.3 is 23.8 Å². The molecule has 3 aromatic carbocycles. The van der Waals surface area contributed by atoms with Crippen molar-refractivity contribution in [1.29, 1.82) is 0 Å².